The second-order valence-corrected chi connectivity index (χ2v) is 4.91. The summed E-state index contributed by atoms with van der Waals surface area (Å²) in [7, 11) is 1.74. The highest BCUT2D eigenvalue weighted by Gasteiger charge is 2.48. The lowest BCUT2D eigenvalue weighted by Gasteiger charge is -2.27. The van der Waals surface area contributed by atoms with E-state index in [9.17, 15) is 15.3 Å². The van der Waals surface area contributed by atoms with Crippen LogP contribution in [0.3, 0.4) is 0 Å². The van der Waals surface area contributed by atoms with Gasteiger partial charge in [0.05, 0.1) is 13.3 Å². The van der Waals surface area contributed by atoms with E-state index in [0.29, 0.717) is 18.2 Å². The summed E-state index contributed by atoms with van der Waals surface area (Å²) in [5, 5.41) is 38.7. The van der Waals surface area contributed by atoms with E-state index in [1.54, 1.807) is 16.8 Å². The molecule has 1 aromatic heterocycles. The standard InChI is InChI=1S/C11H16N4O5/c1-14-4-15(9-6(14)10(19)13-3-12-9)11-8(18)7(17)5(2-16)20-11/h3,5,7-8,11,16-18H,2,4H2,1H3,(H,12,13,19)/t5-,7-,8-,11-/m1/s1. The molecule has 3 rings (SSSR count). The van der Waals surface area contributed by atoms with Crippen LogP contribution in [0.2, 0.25) is 0 Å². The Labute approximate surface area is 114 Å². The van der Waals surface area contributed by atoms with Crippen LogP contribution >= 0.6 is 0 Å². The summed E-state index contributed by atoms with van der Waals surface area (Å²) >= 11 is 0. The summed E-state index contributed by atoms with van der Waals surface area (Å²) in [6, 6.07) is 0. The van der Waals surface area contributed by atoms with Crippen LogP contribution in [-0.2, 0) is 4.74 Å². The van der Waals surface area contributed by atoms with E-state index in [1.807, 2.05) is 0 Å². The maximum Gasteiger partial charge on any atom is 0.240 e. The fraction of sp³-hybridized carbons (Fsp3) is 0.636. The van der Waals surface area contributed by atoms with Gasteiger partial charge in [-0.1, -0.05) is 0 Å². The highest BCUT2D eigenvalue weighted by Crippen LogP contribution is 2.41. The second kappa shape index (κ2) is 4.70. The van der Waals surface area contributed by atoms with Crippen LogP contribution in [0.25, 0.3) is 0 Å². The Balaban J connectivity index is 1.93. The van der Waals surface area contributed by atoms with Gasteiger partial charge in [-0.15, -0.1) is 0 Å². The van der Waals surface area contributed by atoms with Gasteiger partial charge in [-0.3, -0.25) is 0 Å². The SMILES string of the molecule is CN1CN([C@@H]2O[C@H](CO)[C@@H](O)[C@H]2O)c2ncnc(O)c21. The first-order valence-electron chi connectivity index (χ1n) is 6.18. The number of aromatic hydroxyl groups is 1. The van der Waals surface area contributed by atoms with Crippen LogP contribution in [-0.4, -0.2) is 75.3 Å². The fourth-order valence-corrected chi connectivity index (χ4v) is 2.62. The number of fused-ring (bicyclic) bond motifs is 1. The molecule has 9 heteroatoms. The Morgan fingerprint density at radius 2 is 2.10 bits per heavy atom. The van der Waals surface area contributed by atoms with Gasteiger partial charge in [-0.2, -0.15) is 4.98 Å². The first-order valence-corrected chi connectivity index (χ1v) is 6.18. The number of rotatable bonds is 2. The number of anilines is 2. The topological polar surface area (TPSA) is 122 Å². The Bertz CT molecular complexity index is 516. The van der Waals surface area contributed by atoms with Crippen molar-refractivity contribution in [2.24, 2.45) is 0 Å². The molecule has 3 heterocycles. The molecule has 0 aromatic carbocycles. The monoisotopic (exact) mass is 284 g/mol. The number of hydrogen-bond donors (Lipinski definition) is 4. The average molecular weight is 284 g/mol. The van der Waals surface area contributed by atoms with Crippen LogP contribution in [0.15, 0.2) is 6.33 Å². The van der Waals surface area contributed by atoms with Crippen molar-refractivity contribution >= 4 is 11.5 Å². The van der Waals surface area contributed by atoms with E-state index < -0.39 is 24.5 Å². The predicted molar refractivity (Wildman–Crippen MR) is 67.2 cm³/mol. The van der Waals surface area contributed by atoms with Gasteiger partial charge in [0.25, 0.3) is 0 Å². The molecule has 4 atom stereocenters. The Hall–Kier alpha value is -1.68. The molecule has 0 spiro atoms. The average Bonchev–Trinajstić information content (AvgIpc) is 2.90. The largest absolute Gasteiger partial charge is 0.492 e. The van der Waals surface area contributed by atoms with E-state index >= 15 is 0 Å². The number of aromatic nitrogens is 2. The molecule has 1 saturated heterocycles. The molecule has 0 amide bonds. The van der Waals surface area contributed by atoms with Crippen LogP contribution < -0.4 is 9.80 Å². The molecule has 20 heavy (non-hydrogen) atoms. The van der Waals surface area contributed by atoms with E-state index in [1.165, 1.54) is 6.33 Å². The van der Waals surface area contributed by atoms with Crippen LogP contribution in [0, 0.1) is 0 Å². The molecule has 9 nitrogen and oxygen atoms in total. The smallest absolute Gasteiger partial charge is 0.240 e. The lowest BCUT2D eigenvalue weighted by Crippen LogP contribution is -2.45. The summed E-state index contributed by atoms with van der Waals surface area (Å²) in [5.74, 6) is 0.251. The van der Waals surface area contributed by atoms with Gasteiger partial charge in [0.15, 0.2) is 12.0 Å². The van der Waals surface area contributed by atoms with Gasteiger partial charge in [0.1, 0.15) is 30.3 Å². The van der Waals surface area contributed by atoms with Crippen LogP contribution in [0.5, 0.6) is 5.88 Å². The third-order valence-corrected chi connectivity index (χ3v) is 3.63. The maximum absolute atomic E-state index is 10.0. The van der Waals surface area contributed by atoms with Crippen molar-refractivity contribution < 1.29 is 25.2 Å². The summed E-state index contributed by atoms with van der Waals surface area (Å²) in [6.45, 7) is -0.0749. The summed E-state index contributed by atoms with van der Waals surface area (Å²) in [6.07, 6.45) is -2.83. The summed E-state index contributed by atoms with van der Waals surface area (Å²) < 4.78 is 5.47. The normalized spacial score (nSPS) is 32.8. The quantitative estimate of drug-likeness (QED) is 0.480. The first kappa shape index (κ1) is 13.3. The molecule has 0 bridgehead atoms. The third-order valence-electron chi connectivity index (χ3n) is 3.63. The van der Waals surface area contributed by atoms with E-state index in [-0.39, 0.29) is 12.5 Å². The Kier molecular flexibility index (Phi) is 3.13. The van der Waals surface area contributed by atoms with E-state index in [0.717, 1.165) is 0 Å². The maximum atomic E-state index is 10.0. The molecular formula is C11H16N4O5. The molecule has 0 saturated carbocycles. The lowest BCUT2D eigenvalue weighted by atomic mass is 10.1. The minimum absolute atomic E-state index is 0.160. The zero-order valence-electron chi connectivity index (χ0n) is 10.8. The molecule has 2 aliphatic rings. The molecule has 110 valence electrons. The van der Waals surface area contributed by atoms with Gasteiger partial charge >= 0.3 is 0 Å². The van der Waals surface area contributed by atoms with E-state index in [2.05, 4.69) is 9.97 Å². The first-order chi connectivity index (χ1) is 9.54. The number of hydrogen-bond acceptors (Lipinski definition) is 9. The van der Waals surface area contributed by atoms with Crippen LogP contribution in [0.1, 0.15) is 0 Å². The minimum Gasteiger partial charge on any atom is -0.492 e. The highest BCUT2D eigenvalue weighted by atomic mass is 16.6. The molecule has 0 radical (unpaired) electrons. The molecule has 2 aliphatic heterocycles. The van der Waals surface area contributed by atoms with Crippen molar-refractivity contribution in [1.29, 1.82) is 0 Å². The van der Waals surface area contributed by atoms with E-state index in [4.69, 9.17) is 9.84 Å². The number of ether oxygens (including phenoxy) is 1. The number of aliphatic hydroxyl groups is 3. The molecule has 0 aliphatic carbocycles. The molecule has 1 aromatic rings. The van der Waals surface area contributed by atoms with Crippen molar-refractivity contribution in [1.82, 2.24) is 9.97 Å². The van der Waals surface area contributed by atoms with Crippen molar-refractivity contribution in [3.8, 4) is 5.88 Å². The van der Waals surface area contributed by atoms with Crippen molar-refractivity contribution in [3.05, 3.63) is 6.33 Å². The minimum atomic E-state index is -1.18. The Morgan fingerprint density at radius 1 is 1.35 bits per heavy atom. The zero-order chi connectivity index (χ0) is 14.4. The highest BCUT2D eigenvalue weighted by molar-refractivity contribution is 5.76. The third kappa shape index (κ3) is 1.79. The van der Waals surface area contributed by atoms with Crippen molar-refractivity contribution in [2.75, 3.05) is 30.1 Å². The van der Waals surface area contributed by atoms with Crippen LogP contribution in [0.4, 0.5) is 11.5 Å². The summed E-state index contributed by atoms with van der Waals surface area (Å²) in [4.78, 5) is 11.1. The Morgan fingerprint density at radius 3 is 2.75 bits per heavy atom. The van der Waals surface area contributed by atoms with Gasteiger partial charge in [0, 0.05) is 7.05 Å². The fourth-order valence-electron chi connectivity index (χ4n) is 2.62. The lowest BCUT2D eigenvalue weighted by molar-refractivity contribution is -0.0221. The second-order valence-electron chi connectivity index (χ2n) is 4.91. The molecule has 1 fully saturated rings. The van der Waals surface area contributed by atoms with Gasteiger partial charge in [0.2, 0.25) is 5.88 Å². The van der Waals surface area contributed by atoms with Gasteiger partial charge in [-0.25, -0.2) is 4.98 Å². The zero-order valence-corrected chi connectivity index (χ0v) is 10.8. The predicted octanol–water partition coefficient (Wildman–Crippen LogP) is -2.17. The van der Waals surface area contributed by atoms with Crippen molar-refractivity contribution in [2.45, 2.75) is 24.5 Å². The molecule has 0 unspecified atom stereocenters. The van der Waals surface area contributed by atoms with Gasteiger partial charge in [-0.05, 0) is 0 Å². The molecule has 4 N–H and O–H groups in total. The molecular weight excluding hydrogens is 268 g/mol. The van der Waals surface area contributed by atoms with Gasteiger partial charge < -0.3 is 35.0 Å². The number of aliphatic hydroxyl groups excluding tert-OH is 3. The van der Waals surface area contributed by atoms with Crippen molar-refractivity contribution in [3.63, 3.8) is 0 Å². The number of nitrogens with zero attached hydrogens (tertiary/aromatic N) is 4. The summed E-state index contributed by atoms with van der Waals surface area (Å²) in [5.41, 5.74) is 0.435.